The zero-order valence-corrected chi connectivity index (χ0v) is 7.18. The lowest BCUT2D eigenvalue weighted by atomic mass is 10.2. The van der Waals surface area contributed by atoms with Gasteiger partial charge in [0.2, 0.25) is 0 Å². The first kappa shape index (κ1) is 10.1. The number of hydrogen-bond donors (Lipinski definition) is 1. The molecule has 0 amide bonds. The minimum absolute atomic E-state index is 0. The Labute approximate surface area is 79.4 Å². The molecule has 0 atom stereocenters. The van der Waals surface area contributed by atoms with Crippen LogP contribution in [0.3, 0.4) is 0 Å². The van der Waals surface area contributed by atoms with Crippen molar-refractivity contribution in [2.45, 2.75) is 0 Å². The van der Waals surface area contributed by atoms with Gasteiger partial charge in [-0.15, -0.1) is 0 Å². The quantitative estimate of drug-likeness (QED) is 0.754. The van der Waals surface area contributed by atoms with E-state index in [4.69, 9.17) is 5.11 Å². The number of carbonyl (C=O) groups is 1. The normalized spacial score (nSPS) is 9.43. The molecule has 0 saturated heterocycles. The number of benzene rings is 1. The van der Waals surface area contributed by atoms with Crippen LogP contribution in [0, 0.1) is 0 Å². The van der Waals surface area contributed by atoms with E-state index in [1.807, 2.05) is 24.3 Å². The van der Waals surface area contributed by atoms with Gasteiger partial charge in [-0.25, -0.2) is 4.79 Å². The van der Waals surface area contributed by atoms with E-state index in [9.17, 15) is 4.79 Å². The monoisotopic (exact) mass is 193 g/mol. The highest BCUT2D eigenvalue weighted by atomic mass is 19.0. The Hall–Kier alpha value is -1.97. The molecule has 0 spiro atoms. The van der Waals surface area contributed by atoms with E-state index in [0.29, 0.717) is 0 Å². The van der Waals surface area contributed by atoms with Gasteiger partial charge in [0.1, 0.15) is 0 Å². The molecule has 0 aliphatic heterocycles. The third-order valence-corrected chi connectivity index (χ3v) is 1.84. The molecule has 1 aromatic carbocycles. The molecule has 0 unspecified atom stereocenters. The smallest absolute Gasteiger partial charge is 0.337 e. The number of rotatable bonds is 1. The number of aromatic nitrogens is 1. The van der Waals surface area contributed by atoms with Crippen LogP contribution in [0.15, 0.2) is 36.5 Å². The molecule has 0 fully saturated rings. The van der Waals surface area contributed by atoms with Crippen molar-refractivity contribution in [3.63, 3.8) is 0 Å². The summed E-state index contributed by atoms with van der Waals surface area (Å²) in [5, 5.41) is 9.55. The van der Waals surface area contributed by atoms with Gasteiger partial charge in [0, 0.05) is 11.6 Å². The number of para-hydroxylation sites is 1. The van der Waals surface area contributed by atoms with Gasteiger partial charge in [0.05, 0.1) is 11.1 Å². The molecule has 2 rings (SSSR count). The second-order valence-corrected chi connectivity index (χ2v) is 2.72. The number of nitrogens with zero attached hydrogens (tertiary/aromatic N) is 1. The van der Waals surface area contributed by atoms with Gasteiger partial charge in [-0.05, 0) is 12.1 Å². The van der Waals surface area contributed by atoms with Crippen molar-refractivity contribution in [3.05, 3.63) is 42.1 Å². The van der Waals surface area contributed by atoms with Crippen molar-refractivity contribution < 1.29 is 14.6 Å². The van der Waals surface area contributed by atoms with Crippen LogP contribution >= 0.6 is 0 Å². The van der Waals surface area contributed by atoms with Gasteiger partial charge in [-0.1, -0.05) is 18.2 Å². The van der Waals surface area contributed by atoms with Crippen LogP contribution in [0.5, 0.6) is 0 Å². The van der Waals surface area contributed by atoms with Crippen molar-refractivity contribution in [1.29, 1.82) is 0 Å². The minimum atomic E-state index is -0.946. The van der Waals surface area contributed by atoms with Crippen molar-refractivity contribution in [2.24, 2.45) is 0 Å². The maximum absolute atomic E-state index is 10.6. The summed E-state index contributed by atoms with van der Waals surface area (Å²) in [6.07, 6.45) is 1.37. The summed E-state index contributed by atoms with van der Waals surface area (Å²) in [5.74, 6) is -0.946. The Morgan fingerprint density at radius 3 is 2.71 bits per heavy atom. The molecular weight excluding hydrogens is 185 g/mol. The molecule has 0 aliphatic carbocycles. The van der Waals surface area contributed by atoms with Gasteiger partial charge in [-0.3, -0.25) is 9.69 Å². The second-order valence-electron chi connectivity index (χ2n) is 2.72. The fourth-order valence-electron chi connectivity index (χ4n) is 1.19. The number of aromatic carboxylic acids is 1. The first-order valence-corrected chi connectivity index (χ1v) is 3.85. The van der Waals surface area contributed by atoms with Gasteiger partial charge in [-0.2, -0.15) is 0 Å². The molecule has 1 N–H and O–H groups in total. The maximum Gasteiger partial charge on any atom is 0.337 e. The van der Waals surface area contributed by atoms with E-state index in [0.717, 1.165) is 10.9 Å². The molecule has 0 radical (unpaired) electrons. The Bertz CT molecular complexity index is 470. The summed E-state index contributed by atoms with van der Waals surface area (Å²) in [6, 6.07) is 9.03. The van der Waals surface area contributed by atoms with Gasteiger partial charge < -0.3 is 5.11 Å². The van der Waals surface area contributed by atoms with Crippen LogP contribution in [-0.2, 0) is 0 Å². The zero-order valence-electron chi connectivity index (χ0n) is 7.18. The highest BCUT2D eigenvalue weighted by molar-refractivity contribution is 5.92. The van der Waals surface area contributed by atoms with Crippen molar-refractivity contribution in [1.82, 2.24) is 4.98 Å². The van der Waals surface area contributed by atoms with E-state index in [2.05, 4.69) is 4.98 Å². The SMILES string of the molecule is F.O=C(O)c1cnc2ccccc2c1. The molecule has 3 nitrogen and oxygen atoms in total. The van der Waals surface area contributed by atoms with Crippen molar-refractivity contribution >= 4 is 16.9 Å². The number of halogens is 1. The predicted molar refractivity (Wildman–Crippen MR) is 51.2 cm³/mol. The summed E-state index contributed by atoms with van der Waals surface area (Å²) < 4.78 is 0. The fourth-order valence-corrected chi connectivity index (χ4v) is 1.19. The average Bonchev–Trinajstić information content (AvgIpc) is 2.17. The Kier molecular flexibility index (Phi) is 2.76. The zero-order chi connectivity index (χ0) is 9.26. The van der Waals surface area contributed by atoms with Crippen LogP contribution < -0.4 is 0 Å². The summed E-state index contributed by atoms with van der Waals surface area (Å²) >= 11 is 0. The Morgan fingerprint density at radius 2 is 2.00 bits per heavy atom. The number of hydrogen-bond acceptors (Lipinski definition) is 2. The third-order valence-electron chi connectivity index (χ3n) is 1.84. The summed E-state index contributed by atoms with van der Waals surface area (Å²) in [7, 11) is 0. The molecule has 2 aromatic rings. The Morgan fingerprint density at radius 1 is 1.29 bits per heavy atom. The van der Waals surface area contributed by atoms with E-state index in [-0.39, 0.29) is 10.3 Å². The van der Waals surface area contributed by atoms with Crippen LogP contribution in [0.4, 0.5) is 4.70 Å². The van der Waals surface area contributed by atoms with Crippen molar-refractivity contribution in [3.8, 4) is 0 Å². The number of pyridine rings is 1. The molecular formula is C10H8FNO2. The standard InChI is InChI=1S/C10H7NO2.FH/c12-10(13)8-5-7-3-1-2-4-9(7)11-6-8;/h1-6H,(H,12,13);1H. The van der Waals surface area contributed by atoms with Gasteiger partial charge in [0.15, 0.2) is 0 Å². The first-order valence-electron chi connectivity index (χ1n) is 3.85. The molecule has 0 bridgehead atoms. The topological polar surface area (TPSA) is 50.2 Å². The van der Waals surface area contributed by atoms with Crippen LogP contribution in [-0.4, -0.2) is 16.1 Å². The third kappa shape index (κ3) is 1.69. The molecule has 1 heterocycles. The van der Waals surface area contributed by atoms with Crippen LogP contribution in [0.25, 0.3) is 10.9 Å². The number of carboxylic acids is 1. The second kappa shape index (κ2) is 3.83. The molecule has 0 saturated carbocycles. The fraction of sp³-hybridized carbons (Fsp3) is 0. The Balaban J connectivity index is 0.000000980. The molecule has 72 valence electrons. The number of carboxylic acid groups (broad SMARTS) is 1. The predicted octanol–water partition coefficient (Wildman–Crippen LogP) is 2.09. The molecule has 1 aromatic heterocycles. The lowest BCUT2D eigenvalue weighted by Gasteiger charge is -1.97. The largest absolute Gasteiger partial charge is 0.478 e. The highest BCUT2D eigenvalue weighted by Crippen LogP contribution is 2.12. The highest BCUT2D eigenvalue weighted by Gasteiger charge is 2.03. The average molecular weight is 193 g/mol. The van der Waals surface area contributed by atoms with Crippen LogP contribution in [0.1, 0.15) is 10.4 Å². The van der Waals surface area contributed by atoms with E-state index >= 15 is 0 Å². The maximum atomic E-state index is 10.6. The van der Waals surface area contributed by atoms with Gasteiger partial charge in [0.25, 0.3) is 0 Å². The van der Waals surface area contributed by atoms with E-state index < -0.39 is 5.97 Å². The minimum Gasteiger partial charge on any atom is -0.478 e. The molecule has 4 heteroatoms. The first-order chi connectivity index (χ1) is 6.27. The lowest BCUT2D eigenvalue weighted by molar-refractivity contribution is 0.0696. The summed E-state index contributed by atoms with van der Waals surface area (Å²) in [4.78, 5) is 14.6. The lowest BCUT2D eigenvalue weighted by Crippen LogP contribution is -1.96. The molecule has 14 heavy (non-hydrogen) atoms. The van der Waals surface area contributed by atoms with Crippen LogP contribution in [0.2, 0.25) is 0 Å². The van der Waals surface area contributed by atoms with E-state index in [1.54, 1.807) is 6.07 Å². The summed E-state index contributed by atoms with van der Waals surface area (Å²) in [5.41, 5.74) is 1.03. The van der Waals surface area contributed by atoms with E-state index in [1.165, 1.54) is 6.20 Å². The summed E-state index contributed by atoms with van der Waals surface area (Å²) in [6.45, 7) is 0. The van der Waals surface area contributed by atoms with Gasteiger partial charge >= 0.3 is 5.97 Å². The molecule has 0 aliphatic rings. The van der Waals surface area contributed by atoms with Crippen molar-refractivity contribution in [2.75, 3.05) is 0 Å². The number of fused-ring (bicyclic) bond motifs is 1.